The molecule has 0 amide bonds. The number of carbonyl (C=O) groups is 3. The first kappa shape index (κ1) is 23.6. The largest absolute Gasteiger partial charge is 0.481 e. The fourth-order valence-electron chi connectivity index (χ4n) is 3.77. The molecule has 4 atom stereocenters. The van der Waals surface area contributed by atoms with Crippen molar-refractivity contribution in [3.63, 3.8) is 0 Å². The van der Waals surface area contributed by atoms with Crippen LogP contribution >= 0.6 is 0 Å². The molecule has 0 aromatic rings. The SMILES string of the molecule is CCCCCCC(=O)OC1C(=O)CC(C(=O)O)C1CCC(O)CCCCC. The van der Waals surface area contributed by atoms with E-state index in [9.17, 15) is 24.6 Å². The molecule has 0 saturated heterocycles. The first-order valence-corrected chi connectivity index (χ1v) is 10.5. The van der Waals surface area contributed by atoms with E-state index in [-0.39, 0.29) is 18.6 Å². The second-order valence-electron chi connectivity index (χ2n) is 7.73. The van der Waals surface area contributed by atoms with E-state index in [1.807, 2.05) is 0 Å². The third-order valence-corrected chi connectivity index (χ3v) is 5.43. The van der Waals surface area contributed by atoms with Crippen molar-refractivity contribution in [1.29, 1.82) is 0 Å². The van der Waals surface area contributed by atoms with Gasteiger partial charge in [0.1, 0.15) is 0 Å². The van der Waals surface area contributed by atoms with E-state index in [1.165, 1.54) is 0 Å². The topological polar surface area (TPSA) is 101 Å². The summed E-state index contributed by atoms with van der Waals surface area (Å²) in [4.78, 5) is 35.9. The molecule has 6 nitrogen and oxygen atoms in total. The third-order valence-electron chi connectivity index (χ3n) is 5.43. The molecule has 0 spiro atoms. The van der Waals surface area contributed by atoms with Crippen LogP contribution in [0.25, 0.3) is 0 Å². The maximum absolute atomic E-state index is 12.3. The molecule has 1 saturated carbocycles. The number of unbranched alkanes of at least 4 members (excludes halogenated alkanes) is 5. The van der Waals surface area contributed by atoms with Crippen molar-refractivity contribution in [1.82, 2.24) is 0 Å². The number of carboxylic acid groups (broad SMARTS) is 1. The Morgan fingerprint density at radius 1 is 1.07 bits per heavy atom. The summed E-state index contributed by atoms with van der Waals surface area (Å²) in [6.45, 7) is 4.18. The number of aliphatic hydroxyl groups is 1. The molecule has 6 heteroatoms. The highest BCUT2D eigenvalue weighted by Crippen LogP contribution is 2.36. The minimum absolute atomic E-state index is 0.0975. The Balaban J connectivity index is 2.59. The minimum atomic E-state index is -1.03. The summed E-state index contributed by atoms with van der Waals surface area (Å²) in [6, 6.07) is 0. The molecule has 0 aliphatic heterocycles. The predicted octanol–water partition coefficient (Wildman–Crippen LogP) is 3.88. The van der Waals surface area contributed by atoms with E-state index in [1.54, 1.807) is 0 Å². The summed E-state index contributed by atoms with van der Waals surface area (Å²) in [5.74, 6) is -3.15. The highest BCUT2D eigenvalue weighted by molar-refractivity contribution is 5.93. The summed E-state index contributed by atoms with van der Waals surface area (Å²) >= 11 is 0. The normalized spacial score (nSPS) is 23.4. The van der Waals surface area contributed by atoms with Crippen LogP contribution in [0.5, 0.6) is 0 Å². The monoisotopic (exact) mass is 384 g/mol. The van der Waals surface area contributed by atoms with Gasteiger partial charge in [-0.3, -0.25) is 14.4 Å². The molecule has 0 aromatic carbocycles. The van der Waals surface area contributed by atoms with Crippen molar-refractivity contribution >= 4 is 17.7 Å². The van der Waals surface area contributed by atoms with Gasteiger partial charge < -0.3 is 14.9 Å². The van der Waals surface area contributed by atoms with E-state index in [2.05, 4.69) is 13.8 Å². The number of rotatable bonds is 14. The molecule has 0 aromatic heterocycles. The molecule has 156 valence electrons. The first-order chi connectivity index (χ1) is 12.9. The van der Waals surface area contributed by atoms with Crippen molar-refractivity contribution in [3.05, 3.63) is 0 Å². The van der Waals surface area contributed by atoms with E-state index in [0.29, 0.717) is 19.3 Å². The Morgan fingerprint density at radius 3 is 2.37 bits per heavy atom. The summed E-state index contributed by atoms with van der Waals surface area (Å²) in [6.07, 6.45) is 6.98. The van der Waals surface area contributed by atoms with E-state index in [4.69, 9.17) is 4.74 Å². The lowest BCUT2D eigenvalue weighted by atomic mass is 9.88. The Kier molecular flexibility index (Phi) is 11.3. The first-order valence-electron chi connectivity index (χ1n) is 10.5. The van der Waals surface area contributed by atoms with E-state index in [0.717, 1.165) is 44.9 Å². The molecule has 1 rings (SSSR count). The molecule has 0 heterocycles. The number of ketones is 1. The quantitative estimate of drug-likeness (QED) is 0.348. The molecule has 1 aliphatic rings. The van der Waals surface area contributed by atoms with Gasteiger partial charge in [-0.2, -0.15) is 0 Å². The molecule has 0 bridgehead atoms. The average molecular weight is 385 g/mol. The van der Waals surface area contributed by atoms with Crippen LogP contribution in [0.1, 0.15) is 90.9 Å². The number of esters is 1. The van der Waals surface area contributed by atoms with Gasteiger partial charge in [-0.05, 0) is 25.7 Å². The summed E-state index contributed by atoms with van der Waals surface area (Å²) in [5.41, 5.74) is 0. The maximum Gasteiger partial charge on any atom is 0.307 e. The van der Waals surface area contributed by atoms with Crippen LogP contribution < -0.4 is 0 Å². The van der Waals surface area contributed by atoms with Crippen molar-refractivity contribution in [2.75, 3.05) is 0 Å². The molecular formula is C21H36O6. The summed E-state index contributed by atoms with van der Waals surface area (Å²) in [7, 11) is 0. The number of aliphatic carboxylic acids is 1. The zero-order valence-electron chi connectivity index (χ0n) is 16.8. The van der Waals surface area contributed by atoms with Gasteiger partial charge in [0.2, 0.25) is 0 Å². The zero-order chi connectivity index (χ0) is 20.2. The number of hydrogen-bond donors (Lipinski definition) is 2. The van der Waals surface area contributed by atoms with Gasteiger partial charge in [-0.25, -0.2) is 0 Å². The summed E-state index contributed by atoms with van der Waals surface area (Å²) in [5, 5.41) is 19.6. The lowest BCUT2D eigenvalue weighted by Gasteiger charge is -2.23. The molecular weight excluding hydrogens is 348 g/mol. The molecule has 1 fully saturated rings. The molecule has 0 radical (unpaired) electrons. The van der Waals surface area contributed by atoms with Crippen LogP contribution in [-0.4, -0.2) is 40.1 Å². The van der Waals surface area contributed by atoms with Crippen LogP contribution in [0.4, 0.5) is 0 Å². The lowest BCUT2D eigenvalue weighted by molar-refractivity contribution is -0.157. The van der Waals surface area contributed by atoms with Crippen LogP contribution in [0.3, 0.4) is 0 Å². The zero-order valence-corrected chi connectivity index (χ0v) is 16.8. The lowest BCUT2D eigenvalue weighted by Crippen LogP contribution is -2.32. The number of carbonyl (C=O) groups excluding carboxylic acids is 2. The smallest absolute Gasteiger partial charge is 0.307 e. The Bertz CT molecular complexity index is 475. The van der Waals surface area contributed by atoms with Crippen LogP contribution in [-0.2, 0) is 19.1 Å². The number of ether oxygens (including phenoxy) is 1. The molecule has 2 N–H and O–H groups in total. The second-order valence-corrected chi connectivity index (χ2v) is 7.73. The number of Topliss-reactive ketones (excluding diaryl/α,β-unsaturated/α-hetero) is 1. The van der Waals surface area contributed by atoms with Gasteiger partial charge in [0, 0.05) is 18.8 Å². The van der Waals surface area contributed by atoms with Gasteiger partial charge >= 0.3 is 11.9 Å². The van der Waals surface area contributed by atoms with Gasteiger partial charge in [-0.15, -0.1) is 0 Å². The van der Waals surface area contributed by atoms with Crippen LogP contribution in [0, 0.1) is 11.8 Å². The number of carboxylic acids is 1. The predicted molar refractivity (Wildman–Crippen MR) is 102 cm³/mol. The maximum atomic E-state index is 12.3. The highest BCUT2D eigenvalue weighted by atomic mass is 16.5. The van der Waals surface area contributed by atoms with Crippen LogP contribution in [0.15, 0.2) is 0 Å². The molecule has 4 unspecified atom stereocenters. The van der Waals surface area contributed by atoms with Crippen molar-refractivity contribution < 1.29 is 29.3 Å². The van der Waals surface area contributed by atoms with Crippen molar-refractivity contribution in [2.45, 2.75) is 103 Å². The molecule has 1 aliphatic carbocycles. The highest BCUT2D eigenvalue weighted by Gasteiger charge is 2.47. The number of hydrogen-bond acceptors (Lipinski definition) is 5. The van der Waals surface area contributed by atoms with Gasteiger partial charge in [0.15, 0.2) is 11.9 Å². The summed E-state index contributed by atoms with van der Waals surface area (Å²) < 4.78 is 5.39. The fraction of sp³-hybridized carbons (Fsp3) is 0.857. The minimum Gasteiger partial charge on any atom is -0.481 e. The Hall–Kier alpha value is -1.43. The number of aliphatic hydroxyl groups excluding tert-OH is 1. The Morgan fingerprint density at radius 2 is 1.74 bits per heavy atom. The average Bonchev–Trinajstić information content (AvgIpc) is 2.93. The second kappa shape index (κ2) is 12.9. The Labute approximate surface area is 162 Å². The van der Waals surface area contributed by atoms with Gasteiger partial charge in [-0.1, -0.05) is 52.4 Å². The van der Waals surface area contributed by atoms with Crippen molar-refractivity contribution in [3.8, 4) is 0 Å². The standard InChI is InChI=1S/C21H36O6/c1-3-5-7-9-11-19(24)27-20-16(17(21(25)26)14-18(20)23)13-12-15(22)10-8-6-4-2/h15-17,20,22H,3-14H2,1-2H3,(H,25,26). The van der Waals surface area contributed by atoms with Crippen LogP contribution in [0.2, 0.25) is 0 Å². The van der Waals surface area contributed by atoms with E-state index < -0.39 is 36.0 Å². The fourth-order valence-corrected chi connectivity index (χ4v) is 3.77. The third kappa shape index (κ3) is 8.41. The van der Waals surface area contributed by atoms with Gasteiger partial charge in [0.25, 0.3) is 0 Å². The molecule has 27 heavy (non-hydrogen) atoms. The van der Waals surface area contributed by atoms with Gasteiger partial charge in [0.05, 0.1) is 12.0 Å². The van der Waals surface area contributed by atoms with E-state index >= 15 is 0 Å². The van der Waals surface area contributed by atoms with Crippen molar-refractivity contribution in [2.24, 2.45) is 11.8 Å².